The van der Waals surface area contributed by atoms with Crippen LogP contribution in [0.4, 0.5) is 18.9 Å². The number of thioether (sulfide) groups is 1. The molecule has 2 N–H and O–H groups in total. The van der Waals surface area contributed by atoms with Crippen LogP contribution in [0.15, 0.2) is 27.6 Å². The molecule has 0 aliphatic carbocycles. The molecule has 0 spiro atoms. The highest BCUT2D eigenvalue weighted by atomic mass is 79.9. The van der Waals surface area contributed by atoms with Gasteiger partial charge in [0.15, 0.2) is 0 Å². The monoisotopic (exact) mass is 343 g/mol. The first kappa shape index (κ1) is 15.7. The van der Waals surface area contributed by atoms with Gasteiger partial charge < -0.3 is 10.5 Å². The second-order valence-corrected chi connectivity index (χ2v) is 5.60. The minimum Gasteiger partial charge on any atom is -0.398 e. The van der Waals surface area contributed by atoms with E-state index in [-0.39, 0.29) is 6.61 Å². The van der Waals surface area contributed by atoms with Crippen molar-refractivity contribution in [2.45, 2.75) is 17.5 Å². The van der Waals surface area contributed by atoms with E-state index in [1.54, 1.807) is 6.07 Å². The van der Waals surface area contributed by atoms with Crippen LogP contribution in [0.5, 0.6) is 0 Å². The van der Waals surface area contributed by atoms with Gasteiger partial charge in [-0.1, -0.05) is 15.9 Å². The summed E-state index contributed by atoms with van der Waals surface area (Å²) < 4.78 is 40.8. The second kappa shape index (κ2) is 7.25. The molecule has 0 saturated carbocycles. The minimum absolute atomic E-state index is 0.0976. The molecule has 0 aliphatic rings. The Morgan fingerprint density at radius 2 is 2.06 bits per heavy atom. The molecule has 2 nitrogen and oxygen atoms in total. The maximum absolute atomic E-state index is 11.8. The molecule has 0 bridgehead atoms. The third kappa shape index (κ3) is 6.51. The lowest BCUT2D eigenvalue weighted by Crippen LogP contribution is -2.17. The van der Waals surface area contributed by atoms with Crippen LogP contribution in [0.25, 0.3) is 0 Å². The zero-order chi connectivity index (χ0) is 13.6. The van der Waals surface area contributed by atoms with Gasteiger partial charge in [-0.3, -0.25) is 0 Å². The normalized spacial score (nSPS) is 11.8. The SMILES string of the molecule is Nc1ccc(Br)cc1SCCCOCC(F)(F)F. The molecule has 18 heavy (non-hydrogen) atoms. The number of anilines is 1. The summed E-state index contributed by atoms with van der Waals surface area (Å²) in [5.74, 6) is 0.665. The van der Waals surface area contributed by atoms with Crippen LogP contribution in [-0.4, -0.2) is 25.1 Å². The maximum atomic E-state index is 11.8. The molecule has 1 aromatic carbocycles. The number of nitrogens with two attached hydrogens (primary N) is 1. The van der Waals surface area contributed by atoms with Gasteiger partial charge in [0.1, 0.15) is 6.61 Å². The molecule has 0 radical (unpaired) electrons. The van der Waals surface area contributed by atoms with E-state index < -0.39 is 12.8 Å². The van der Waals surface area contributed by atoms with Crippen LogP contribution >= 0.6 is 27.7 Å². The van der Waals surface area contributed by atoms with Crippen molar-refractivity contribution in [3.8, 4) is 0 Å². The van der Waals surface area contributed by atoms with Gasteiger partial charge in [-0.25, -0.2) is 0 Å². The number of rotatable bonds is 6. The number of halogens is 4. The average molecular weight is 344 g/mol. The smallest absolute Gasteiger partial charge is 0.398 e. The van der Waals surface area contributed by atoms with Gasteiger partial charge in [0.05, 0.1) is 0 Å². The van der Waals surface area contributed by atoms with E-state index in [9.17, 15) is 13.2 Å². The Labute approximate surface area is 116 Å². The van der Waals surface area contributed by atoms with Gasteiger partial charge in [0.2, 0.25) is 0 Å². The third-order valence-corrected chi connectivity index (χ3v) is 3.58. The summed E-state index contributed by atoms with van der Waals surface area (Å²) in [6.45, 7) is -1.09. The van der Waals surface area contributed by atoms with Gasteiger partial charge in [-0.05, 0) is 24.6 Å². The van der Waals surface area contributed by atoms with Crippen LogP contribution in [0.1, 0.15) is 6.42 Å². The van der Waals surface area contributed by atoms with Crippen LogP contribution in [0.2, 0.25) is 0 Å². The summed E-state index contributed by atoms with van der Waals surface area (Å²) in [4.78, 5) is 0.917. The number of benzene rings is 1. The first-order chi connectivity index (χ1) is 8.38. The third-order valence-electron chi connectivity index (χ3n) is 1.93. The lowest BCUT2D eigenvalue weighted by atomic mass is 10.3. The summed E-state index contributed by atoms with van der Waals surface area (Å²) in [5.41, 5.74) is 6.43. The number of ether oxygens (including phenoxy) is 1. The number of hydrogen-bond donors (Lipinski definition) is 1. The molecule has 0 unspecified atom stereocenters. The summed E-state index contributed by atoms with van der Waals surface area (Å²) >= 11 is 4.84. The van der Waals surface area contributed by atoms with Gasteiger partial charge >= 0.3 is 6.18 Å². The highest BCUT2D eigenvalue weighted by Gasteiger charge is 2.27. The van der Waals surface area contributed by atoms with E-state index in [0.717, 1.165) is 9.37 Å². The van der Waals surface area contributed by atoms with Crippen LogP contribution in [0, 0.1) is 0 Å². The minimum atomic E-state index is -4.25. The Morgan fingerprint density at radius 1 is 1.33 bits per heavy atom. The molecule has 0 aromatic heterocycles. The maximum Gasteiger partial charge on any atom is 0.411 e. The molecule has 0 saturated heterocycles. The van der Waals surface area contributed by atoms with Crippen molar-refractivity contribution in [2.75, 3.05) is 24.7 Å². The Kier molecular flexibility index (Phi) is 6.31. The van der Waals surface area contributed by atoms with Gasteiger partial charge in [-0.15, -0.1) is 11.8 Å². The average Bonchev–Trinajstić information content (AvgIpc) is 2.26. The first-order valence-corrected chi connectivity index (χ1v) is 6.98. The highest BCUT2D eigenvalue weighted by Crippen LogP contribution is 2.28. The zero-order valence-electron chi connectivity index (χ0n) is 9.47. The van der Waals surface area contributed by atoms with Crippen molar-refractivity contribution < 1.29 is 17.9 Å². The number of alkyl halides is 3. The molecule has 0 aliphatic heterocycles. The fourth-order valence-electron chi connectivity index (χ4n) is 1.16. The Hall–Kier alpha value is -0.400. The molecule has 0 heterocycles. The summed E-state index contributed by atoms with van der Waals surface area (Å²) in [5, 5.41) is 0. The van der Waals surface area contributed by atoms with E-state index >= 15 is 0 Å². The lowest BCUT2D eigenvalue weighted by molar-refractivity contribution is -0.173. The first-order valence-electron chi connectivity index (χ1n) is 5.21. The van der Waals surface area contributed by atoms with Gasteiger partial charge in [-0.2, -0.15) is 13.2 Å². The highest BCUT2D eigenvalue weighted by molar-refractivity contribution is 9.10. The van der Waals surface area contributed by atoms with Crippen LogP contribution in [-0.2, 0) is 4.74 Å². The quantitative estimate of drug-likeness (QED) is 0.480. The molecular formula is C11H13BrF3NOS. The zero-order valence-corrected chi connectivity index (χ0v) is 11.9. The fraction of sp³-hybridized carbons (Fsp3) is 0.455. The Morgan fingerprint density at radius 3 is 2.72 bits per heavy atom. The number of hydrogen-bond acceptors (Lipinski definition) is 3. The molecular weight excluding hydrogens is 331 g/mol. The molecule has 0 amide bonds. The van der Waals surface area contributed by atoms with Crippen molar-refractivity contribution in [2.24, 2.45) is 0 Å². The second-order valence-electron chi connectivity index (χ2n) is 3.55. The van der Waals surface area contributed by atoms with E-state index in [4.69, 9.17) is 5.73 Å². The predicted molar refractivity (Wildman–Crippen MR) is 70.8 cm³/mol. The molecule has 7 heteroatoms. The van der Waals surface area contributed by atoms with Crippen LogP contribution in [0.3, 0.4) is 0 Å². The van der Waals surface area contributed by atoms with Crippen molar-refractivity contribution in [1.29, 1.82) is 0 Å². The number of nitrogen functional groups attached to an aromatic ring is 1. The standard InChI is InChI=1S/C11H13BrF3NOS/c12-8-2-3-9(16)10(6-8)18-5-1-4-17-7-11(13,14)15/h2-3,6H,1,4-5,7,16H2. The van der Waals surface area contributed by atoms with Gasteiger partial charge in [0, 0.05) is 27.4 Å². The fourth-order valence-corrected chi connectivity index (χ4v) is 2.60. The molecule has 0 atom stereocenters. The predicted octanol–water partition coefficient (Wildman–Crippen LogP) is 4.09. The molecule has 1 aromatic rings. The van der Waals surface area contributed by atoms with E-state index in [2.05, 4.69) is 20.7 Å². The van der Waals surface area contributed by atoms with E-state index in [1.807, 2.05) is 12.1 Å². The topological polar surface area (TPSA) is 35.2 Å². The summed E-state index contributed by atoms with van der Waals surface area (Å²) in [6, 6.07) is 5.51. The molecule has 1 rings (SSSR count). The largest absolute Gasteiger partial charge is 0.411 e. The molecule has 0 fully saturated rings. The van der Waals surface area contributed by atoms with E-state index in [1.165, 1.54) is 11.8 Å². The Bertz CT molecular complexity index is 387. The lowest BCUT2D eigenvalue weighted by Gasteiger charge is -2.08. The summed E-state index contributed by atoms with van der Waals surface area (Å²) in [7, 11) is 0. The van der Waals surface area contributed by atoms with Crippen molar-refractivity contribution in [3.05, 3.63) is 22.7 Å². The van der Waals surface area contributed by atoms with Crippen molar-refractivity contribution in [3.63, 3.8) is 0 Å². The molecule has 102 valence electrons. The summed E-state index contributed by atoms with van der Waals surface area (Å²) in [6.07, 6.45) is -3.70. The Balaban J connectivity index is 2.20. The van der Waals surface area contributed by atoms with Crippen molar-refractivity contribution >= 4 is 33.4 Å². The van der Waals surface area contributed by atoms with Crippen molar-refractivity contribution in [1.82, 2.24) is 0 Å². The van der Waals surface area contributed by atoms with Crippen LogP contribution < -0.4 is 5.73 Å². The van der Waals surface area contributed by atoms with Gasteiger partial charge in [0.25, 0.3) is 0 Å². The van der Waals surface area contributed by atoms with E-state index in [0.29, 0.717) is 17.9 Å².